The van der Waals surface area contributed by atoms with Crippen LogP contribution in [0.2, 0.25) is 0 Å². The van der Waals surface area contributed by atoms with E-state index in [1.54, 1.807) is 0 Å². The molecule has 3 heteroatoms. The van der Waals surface area contributed by atoms with E-state index in [4.69, 9.17) is 0 Å². The standard InChI is InChI=1S/C13H26N2O/c1-5-14-13(16)11(4)15-12-8-9(2)6-7-10(12)3/h9-12,15H,5-8H2,1-4H3,(H,14,16). The van der Waals surface area contributed by atoms with Crippen molar-refractivity contribution >= 4 is 5.91 Å². The molecule has 1 fully saturated rings. The minimum atomic E-state index is -0.0716. The number of carbonyl (C=O) groups excluding carboxylic acids is 1. The molecule has 4 unspecified atom stereocenters. The van der Waals surface area contributed by atoms with Crippen molar-refractivity contribution in [3.05, 3.63) is 0 Å². The lowest BCUT2D eigenvalue weighted by molar-refractivity contribution is -0.123. The number of rotatable bonds is 4. The molecule has 0 heterocycles. The van der Waals surface area contributed by atoms with Crippen molar-refractivity contribution in [1.82, 2.24) is 10.6 Å². The molecule has 0 aromatic carbocycles. The van der Waals surface area contributed by atoms with Crippen LogP contribution in [-0.2, 0) is 4.79 Å². The fourth-order valence-corrected chi connectivity index (χ4v) is 2.49. The summed E-state index contributed by atoms with van der Waals surface area (Å²) in [5.41, 5.74) is 0. The first kappa shape index (κ1) is 13.5. The second-order valence-corrected chi connectivity index (χ2v) is 5.28. The van der Waals surface area contributed by atoms with Crippen molar-refractivity contribution < 1.29 is 4.79 Å². The molecular formula is C13H26N2O. The maximum atomic E-state index is 11.6. The van der Waals surface area contributed by atoms with Gasteiger partial charge >= 0.3 is 0 Å². The molecule has 0 bridgehead atoms. The zero-order valence-corrected chi connectivity index (χ0v) is 11.0. The number of likely N-dealkylation sites (N-methyl/N-ethyl adjacent to an activating group) is 1. The van der Waals surface area contributed by atoms with Crippen molar-refractivity contribution in [2.24, 2.45) is 11.8 Å². The third kappa shape index (κ3) is 3.78. The quantitative estimate of drug-likeness (QED) is 0.769. The third-order valence-corrected chi connectivity index (χ3v) is 3.67. The lowest BCUT2D eigenvalue weighted by Crippen LogP contribution is -2.50. The summed E-state index contributed by atoms with van der Waals surface area (Å²) in [7, 11) is 0. The molecule has 1 aliphatic rings. The molecule has 1 saturated carbocycles. The van der Waals surface area contributed by atoms with Gasteiger partial charge in [-0.15, -0.1) is 0 Å². The maximum Gasteiger partial charge on any atom is 0.236 e. The van der Waals surface area contributed by atoms with E-state index < -0.39 is 0 Å². The highest BCUT2D eigenvalue weighted by atomic mass is 16.2. The van der Waals surface area contributed by atoms with Gasteiger partial charge in [-0.2, -0.15) is 0 Å². The van der Waals surface area contributed by atoms with Gasteiger partial charge in [-0.05, 0) is 38.5 Å². The van der Waals surface area contributed by atoms with E-state index >= 15 is 0 Å². The number of hydrogen-bond donors (Lipinski definition) is 2. The van der Waals surface area contributed by atoms with E-state index in [0.29, 0.717) is 18.5 Å². The van der Waals surface area contributed by atoms with Gasteiger partial charge in [0.1, 0.15) is 0 Å². The minimum absolute atomic E-state index is 0.0716. The summed E-state index contributed by atoms with van der Waals surface area (Å²) in [6.45, 7) is 9.21. The summed E-state index contributed by atoms with van der Waals surface area (Å²) < 4.78 is 0. The molecular weight excluding hydrogens is 200 g/mol. The Morgan fingerprint density at radius 2 is 2.06 bits per heavy atom. The van der Waals surface area contributed by atoms with Crippen LogP contribution in [0.5, 0.6) is 0 Å². The fraction of sp³-hybridized carbons (Fsp3) is 0.923. The van der Waals surface area contributed by atoms with Gasteiger partial charge in [-0.25, -0.2) is 0 Å². The van der Waals surface area contributed by atoms with Crippen LogP contribution in [0.15, 0.2) is 0 Å². The fourth-order valence-electron chi connectivity index (χ4n) is 2.49. The van der Waals surface area contributed by atoms with Gasteiger partial charge in [0.2, 0.25) is 5.91 Å². The molecule has 0 aliphatic heterocycles. The van der Waals surface area contributed by atoms with Crippen molar-refractivity contribution in [2.75, 3.05) is 6.54 Å². The number of nitrogens with one attached hydrogen (secondary N) is 2. The van der Waals surface area contributed by atoms with E-state index in [2.05, 4.69) is 24.5 Å². The van der Waals surface area contributed by atoms with Crippen molar-refractivity contribution in [2.45, 2.75) is 59.0 Å². The van der Waals surface area contributed by atoms with Gasteiger partial charge in [-0.1, -0.05) is 20.3 Å². The van der Waals surface area contributed by atoms with Crippen molar-refractivity contribution in [1.29, 1.82) is 0 Å². The average molecular weight is 226 g/mol. The highest BCUT2D eigenvalue weighted by molar-refractivity contribution is 5.81. The normalized spacial score (nSPS) is 32.1. The lowest BCUT2D eigenvalue weighted by atomic mass is 9.80. The highest BCUT2D eigenvalue weighted by Crippen LogP contribution is 2.28. The Kier molecular flexibility index (Phi) is 5.26. The summed E-state index contributed by atoms with van der Waals surface area (Å²) in [5, 5.41) is 6.33. The van der Waals surface area contributed by atoms with Crippen molar-refractivity contribution in [3.8, 4) is 0 Å². The molecule has 1 amide bonds. The Labute approximate surface area is 99.4 Å². The summed E-state index contributed by atoms with van der Waals surface area (Å²) in [6.07, 6.45) is 3.81. The second-order valence-electron chi connectivity index (χ2n) is 5.28. The zero-order chi connectivity index (χ0) is 12.1. The molecule has 0 saturated heterocycles. The van der Waals surface area contributed by atoms with E-state index in [1.165, 1.54) is 19.3 Å². The molecule has 16 heavy (non-hydrogen) atoms. The molecule has 0 aromatic rings. The van der Waals surface area contributed by atoms with Crippen LogP contribution in [0.4, 0.5) is 0 Å². The smallest absolute Gasteiger partial charge is 0.236 e. The molecule has 0 spiro atoms. The summed E-state index contributed by atoms with van der Waals surface area (Å²) >= 11 is 0. The molecule has 4 atom stereocenters. The van der Waals surface area contributed by atoms with Crippen molar-refractivity contribution in [3.63, 3.8) is 0 Å². The summed E-state index contributed by atoms with van der Waals surface area (Å²) in [5.74, 6) is 1.59. The Hall–Kier alpha value is -0.570. The predicted molar refractivity (Wildman–Crippen MR) is 67.2 cm³/mol. The second kappa shape index (κ2) is 6.24. The van der Waals surface area contributed by atoms with Gasteiger partial charge in [0.05, 0.1) is 6.04 Å². The van der Waals surface area contributed by atoms with Crippen LogP contribution in [-0.4, -0.2) is 24.5 Å². The Balaban J connectivity index is 2.42. The number of amides is 1. The van der Waals surface area contributed by atoms with Crippen LogP contribution in [0.1, 0.15) is 47.0 Å². The SMILES string of the molecule is CCNC(=O)C(C)NC1CC(C)CCC1C. The van der Waals surface area contributed by atoms with Crippen LogP contribution >= 0.6 is 0 Å². The van der Waals surface area contributed by atoms with Gasteiger partial charge in [0, 0.05) is 12.6 Å². The maximum absolute atomic E-state index is 11.6. The molecule has 0 aromatic heterocycles. The molecule has 1 aliphatic carbocycles. The Morgan fingerprint density at radius 3 is 2.69 bits per heavy atom. The summed E-state index contributed by atoms with van der Waals surface area (Å²) in [4.78, 5) is 11.6. The number of hydrogen-bond acceptors (Lipinski definition) is 2. The molecule has 0 radical (unpaired) electrons. The highest BCUT2D eigenvalue weighted by Gasteiger charge is 2.27. The van der Waals surface area contributed by atoms with Gasteiger partial charge in [0.15, 0.2) is 0 Å². The average Bonchev–Trinajstić information content (AvgIpc) is 2.23. The van der Waals surface area contributed by atoms with Crippen LogP contribution in [0.3, 0.4) is 0 Å². The first-order chi connectivity index (χ1) is 7.54. The monoisotopic (exact) mass is 226 g/mol. The minimum Gasteiger partial charge on any atom is -0.355 e. The topological polar surface area (TPSA) is 41.1 Å². The summed E-state index contributed by atoms with van der Waals surface area (Å²) in [6, 6.07) is 0.430. The van der Waals surface area contributed by atoms with E-state index in [1.807, 2.05) is 13.8 Å². The first-order valence-corrected chi connectivity index (χ1v) is 6.58. The Bertz CT molecular complexity index is 230. The van der Waals surface area contributed by atoms with E-state index in [9.17, 15) is 4.79 Å². The number of carbonyl (C=O) groups is 1. The van der Waals surface area contributed by atoms with Crippen LogP contribution in [0.25, 0.3) is 0 Å². The first-order valence-electron chi connectivity index (χ1n) is 6.58. The molecule has 3 nitrogen and oxygen atoms in total. The van der Waals surface area contributed by atoms with Gasteiger partial charge in [0.25, 0.3) is 0 Å². The zero-order valence-electron chi connectivity index (χ0n) is 11.0. The third-order valence-electron chi connectivity index (χ3n) is 3.67. The molecule has 1 rings (SSSR count). The van der Waals surface area contributed by atoms with Gasteiger partial charge < -0.3 is 10.6 Å². The van der Waals surface area contributed by atoms with E-state index in [0.717, 1.165) is 5.92 Å². The van der Waals surface area contributed by atoms with Crippen LogP contribution < -0.4 is 10.6 Å². The van der Waals surface area contributed by atoms with Crippen LogP contribution in [0, 0.1) is 11.8 Å². The molecule has 94 valence electrons. The van der Waals surface area contributed by atoms with E-state index in [-0.39, 0.29) is 11.9 Å². The van der Waals surface area contributed by atoms with Gasteiger partial charge in [-0.3, -0.25) is 4.79 Å². The molecule has 2 N–H and O–H groups in total. The lowest BCUT2D eigenvalue weighted by Gasteiger charge is -2.35. The predicted octanol–water partition coefficient (Wildman–Crippen LogP) is 1.93. The largest absolute Gasteiger partial charge is 0.355 e. The Morgan fingerprint density at radius 1 is 1.38 bits per heavy atom.